The van der Waals surface area contributed by atoms with Crippen LogP contribution in [-0.4, -0.2) is 34.2 Å². The van der Waals surface area contributed by atoms with Crippen LogP contribution in [0.25, 0.3) is 16.6 Å². The summed E-state index contributed by atoms with van der Waals surface area (Å²) in [6.45, 7) is -0.175. The fraction of sp³-hybridized carbons (Fsp3) is 0.240. The van der Waals surface area contributed by atoms with Gasteiger partial charge in [-0.05, 0) is 66.4 Å². The Morgan fingerprint density at radius 1 is 0.970 bits per heavy atom. The average molecular weight is 455 g/mol. The van der Waals surface area contributed by atoms with E-state index in [9.17, 15) is 22.7 Å². The zero-order valence-electron chi connectivity index (χ0n) is 17.6. The number of benzene rings is 3. The van der Waals surface area contributed by atoms with Crippen molar-refractivity contribution in [1.29, 1.82) is 0 Å². The summed E-state index contributed by atoms with van der Waals surface area (Å²) in [4.78, 5) is 1.61. The van der Waals surface area contributed by atoms with Gasteiger partial charge in [0.1, 0.15) is 5.82 Å². The zero-order valence-corrected chi connectivity index (χ0v) is 17.6. The molecule has 1 N–H and O–H groups in total. The van der Waals surface area contributed by atoms with Crippen LogP contribution in [-0.2, 0) is 12.0 Å². The molecule has 2 heterocycles. The van der Waals surface area contributed by atoms with Crippen molar-refractivity contribution < 1.29 is 22.7 Å². The van der Waals surface area contributed by atoms with E-state index in [1.165, 1.54) is 53.3 Å². The van der Waals surface area contributed by atoms with Crippen molar-refractivity contribution in [2.75, 3.05) is 18.0 Å². The zero-order chi connectivity index (χ0) is 23.2. The van der Waals surface area contributed by atoms with Crippen LogP contribution in [0.3, 0.4) is 0 Å². The van der Waals surface area contributed by atoms with Gasteiger partial charge in [-0.2, -0.15) is 18.3 Å². The second-order valence-electron chi connectivity index (χ2n) is 8.32. The molecule has 0 radical (unpaired) electrons. The van der Waals surface area contributed by atoms with Crippen molar-refractivity contribution in [2.45, 2.75) is 24.6 Å². The van der Waals surface area contributed by atoms with Crippen LogP contribution in [0.1, 0.15) is 17.5 Å². The number of hydrogen-bond donors (Lipinski definition) is 1. The van der Waals surface area contributed by atoms with Gasteiger partial charge in [0, 0.05) is 17.6 Å². The number of β-amino-alcohol motifs (C(OH)–C–C–N with tert-alkyl or cyclic N) is 1. The molecule has 0 aliphatic carbocycles. The Labute approximate surface area is 187 Å². The molecule has 0 fully saturated rings. The minimum Gasteiger partial charge on any atom is -0.375 e. The lowest BCUT2D eigenvalue weighted by molar-refractivity contribution is -0.262. The summed E-state index contributed by atoms with van der Waals surface area (Å²) in [6, 6.07) is 17.1. The molecule has 0 saturated heterocycles. The molecular weight excluding hydrogens is 434 g/mol. The summed E-state index contributed by atoms with van der Waals surface area (Å²) >= 11 is 0. The predicted molar refractivity (Wildman–Crippen MR) is 118 cm³/mol. The lowest BCUT2D eigenvalue weighted by atomic mass is 9.90. The highest BCUT2D eigenvalue weighted by Gasteiger charge is 2.56. The summed E-state index contributed by atoms with van der Waals surface area (Å²) in [6.07, 6.45) is -1.94. The highest BCUT2D eigenvalue weighted by Crippen LogP contribution is 2.42. The summed E-state index contributed by atoms with van der Waals surface area (Å²) in [5, 5.41) is 15.8. The van der Waals surface area contributed by atoms with E-state index >= 15 is 0 Å². The summed E-state index contributed by atoms with van der Waals surface area (Å²) in [7, 11) is 0. The molecule has 4 aromatic rings. The first-order valence-electron chi connectivity index (χ1n) is 10.6. The van der Waals surface area contributed by atoms with Crippen molar-refractivity contribution in [3.63, 3.8) is 0 Å². The molecule has 170 valence electrons. The first-order chi connectivity index (χ1) is 15.8. The predicted octanol–water partition coefficient (Wildman–Crippen LogP) is 5.37. The molecular formula is C25H21F4N3O. The smallest absolute Gasteiger partial charge is 0.375 e. The van der Waals surface area contributed by atoms with Crippen molar-refractivity contribution in [1.82, 2.24) is 9.78 Å². The Morgan fingerprint density at radius 3 is 2.48 bits per heavy atom. The van der Waals surface area contributed by atoms with Gasteiger partial charge < -0.3 is 10.0 Å². The van der Waals surface area contributed by atoms with Crippen LogP contribution in [0.2, 0.25) is 0 Å². The lowest BCUT2D eigenvalue weighted by Crippen LogP contribution is -2.52. The monoisotopic (exact) mass is 455 g/mol. The van der Waals surface area contributed by atoms with E-state index in [0.29, 0.717) is 29.6 Å². The normalized spacial score (nSPS) is 16.0. The van der Waals surface area contributed by atoms with Gasteiger partial charge in [0.05, 0.1) is 23.9 Å². The number of rotatable bonds is 4. The third-order valence-corrected chi connectivity index (χ3v) is 6.21. The number of para-hydroxylation sites is 1. The SMILES string of the molecule is OC(CN1CCCc2ccccc21)(c1ccc2c(cnn2-c2ccc(F)cc2)c1)C(F)(F)F. The van der Waals surface area contributed by atoms with Gasteiger partial charge in [-0.3, -0.25) is 0 Å². The quantitative estimate of drug-likeness (QED) is 0.421. The maximum Gasteiger partial charge on any atom is 0.423 e. The minimum absolute atomic E-state index is 0.246. The fourth-order valence-corrected chi connectivity index (χ4v) is 4.47. The topological polar surface area (TPSA) is 41.3 Å². The molecule has 0 saturated carbocycles. The molecule has 0 bridgehead atoms. The Hall–Kier alpha value is -3.39. The van der Waals surface area contributed by atoms with E-state index in [4.69, 9.17) is 0 Å². The van der Waals surface area contributed by atoms with Gasteiger partial charge in [-0.15, -0.1) is 0 Å². The van der Waals surface area contributed by atoms with Crippen LogP contribution in [0, 0.1) is 5.82 Å². The molecule has 1 unspecified atom stereocenters. The number of fused-ring (bicyclic) bond motifs is 2. The van der Waals surface area contributed by atoms with Gasteiger partial charge in [0.25, 0.3) is 0 Å². The Morgan fingerprint density at radius 2 is 1.73 bits per heavy atom. The van der Waals surface area contributed by atoms with Gasteiger partial charge in [0.15, 0.2) is 0 Å². The molecule has 33 heavy (non-hydrogen) atoms. The van der Waals surface area contributed by atoms with Crippen LogP contribution in [0.15, 0.2) is 72.9 Å². The van der Waals surface area contributed by atoms with E-state index < -0.39 is 24.1 Å². The molecule has 3 aromatic carbocycles. The number of aromatic nitrogens is 2. The first kappa shape index (κ1) is 21.5. The third kappa shape index (κ3) is 3.74. The Balaban J connectivity index is 1.54. The van der Waals surface area contributed by atoms with E-state index in [1.54, 1.807) is 17.0 Å². The lowest BCUT2D eigenvalue weighted by Gasteiger charge is -2.39. The maximum absolute atomic E-state index is 14.3. The molecule has 1 atom stereocenters. The fourth-order valence-electron chi connectivity index (χ4n) is 4.47. The van der Waals surface area contributed by atoms with E-state index in [2.05, 4.69) is 5.10 Å². The first-order valence-corrected chi connectivity index (χ1v) is 10.6. The largest absolute Gasteiger partial charge is 0.423 e. The second kappa shape index (κ2) is 7.88. The van der Waals surface area contributed by atoms with Crippen molar-refractivity contribution in [3.8, 4) is 5.69 Å². The standard InChI is InChI=1S/C25H21F4N3O/c26-20-8-10-21(11-9-20)32-23-12-7-19(14-18(23)15-30-32)24(33,25(27,28)29)16-31-13-3-5-17-4-1-2-6-22(17)31/h1-2,4,6-12,14-15,33H,3,5,13,16H2. The van der Waals surface area contributed by atoms with E-state index in [0.717, 1.165) is 17.7 Å². The number of nitrogens with zero attached hydrogens (tertiary/aromatic N) is 3. The van der Waals surface area contributed by atoms with Gasteiger partial charge >= 0.3 is 6.18 Å². The molecule has 0 spiro atoms. The van der Waals surface area contributed by atoms with Gasteiger partial charge in [-0.25, -0.2) is 9.07 Å². The maximum atomic E-state index is 14.3. The van der Waals surface area contributed by atoms with Crippen LogP contribution >= 0.6 is 0 Å². The van der Waals surface area contributed by atoms with Gasteiger partial charge in [-0.1, -0.05) is 24.3 Å². The number of halogens is 4. The molecule has 8 heteroatoms. The average Bonchev–Trinajstić information content (AvgIpc) is 3.22. The Kier molecular flexibility index (Phi) is 5.12. The number of anilines is 1. The molecule has 1 aliphatic heterocycles. The number of aliphatic hydroxyl groups is 1. The highest BCUT2D eigenvalue weighted by atomic mass is 19.4. The Bertz CT molecular complexity index is 1300. The van der Waals surface area contributed by atoms with E-state index in [1.807, 2.05) is 12.1 Å². The molecule has 4 nitrogen and oxygen atoms in total. The molecule has 1 aromatic heterocycles. The van der Waals surface area contributed by atoms with Gasteiger partial charge in [0.2, 0.25) is 5.60 Å². The number of aryl methyl sites for hydroxylation is 1. The molecule has 5 rings (SSSR count). The summed E-state index contributed by atoms with van der Waals surface area (Å²) < 4.78 is 57.7. The summed E-state index contributed by atoms with van der Waals surface area (Å²) in [5.41, 5.74) is -0.484. The molecule has 0 amide bonds. The summed E-state index contributed by atoms with van der Waals surface area (Å²) in [5.74, 6) is -0.396. The van der Waals surface area contributed by atoms with Crippen LogP contribution in [0.4, 0.5) is 23.2 Å². The van der Waals surface area contributed by atoms with Crippen molar-refractivity contribution >= 4 is 16.6 Å². The van der Waals surface area contributed by atoms with Crippen molar-refractivity contribution in [2.24, 2.45) is 0 Å². The second-order valence-corrected chi connectivity index (χ2v) is 8.32. The minimum atomic E-state index is -4.89. The van der Waals surface area contributed by atoms with Crippen LogP contribution < -0.4 is 4.90 Å². The highest BCUT2D eigenvalue weighted by molar-refractivity contribution is 5.81. The van der Waals surface area contributed by atoms with Crippen LogP contribution in [0.5, 0.6) is 0 Å². The third-order valence-electron chi connectivity index (χ3n) is 6.21. The number of alkyl halides is 3. The van der Waals surface area contributed by atoms with Crippen molar-refractivity contribution in [3.05, 3.63) is 89.9 Å². The molecule has 1 aliphatic rings. The number of hydrogen-bond acceptors (Lipinski definition) is 3. The van der Waals surface area contributed by atoms with E-state index in [-0.39, 0.29) is 5.56 Å².